The van der Waals surface area contributed by atoms with E-state index in [0.29, 0.717) is 30.8 Å². The molecule has 3 amide bonds. The van der Waals surface area contributed by atoms with Crippen molar-refractivity contribution >= 4 is 29.1 Å². The molecule has 2 heterocycles. The van der Waals surface area contributed by atoms with Crippen LogP contribution in [-0.4, -0.2) is 41.8 Å². The Balaban J connectivity index is 1.49. The number of nitrogens with one attached hydrogen (secondary N) is 2. The Kier molecular flexibility index (Phi) is 5.44. The van der Waals surface area contributed by atoms with Crippen LogP contribution < -0.4 is 15.4 Å². The summed E-state index contributed by atoms with van der Waals surface area (Å²) in [5.74, 6) is 0.287. The molecule has 7 nitrogen and oxygen atoms in total. The van der Waals surface area contributed by atoms with E-state index < -0.39 is 6.04 Å². The molecule has 2 aliphatic rings. The highest BCUT2D eigenvalue weighted by Crippen LogP contribution is 2.32. The normalized spacial score (nSPS) is 16.1. The van der Waals surface area contributed by atoms with Gasteiger partial charge in [-0.05, 0) is 50.1 Å². The predicted molar refractivity (Wildman–Crippen MR) is 114 cm³/mol. The number of likely N-dealkylation sites (tertiary alicyclic amines) is 1. The average Bonchev–Trinajstić information content (AvgIpc) is 3.38. The Hall–Kier alpha value is -3.35. The number of hydrogen-bond donors (Lipinski definition) is 2. The number of ether oxygens (including phenoxy) is 1. The Labute approximate surface area is 175 Å². The number of fused-ring (bicyclic) bond motifs is 1. The third-order valence-corrected chi connectivity index (χ3v) is 5.71. The van der Waals surface area contributed by atoms with Crippen LogP contribution in [0, 0.1) is 6.92 Å². The quantitative estimate of drug-likeness (QED) is 0.797. The molecule has 0 radical (unpaired) electrons. The van der Waals surface area contributed by atoms with E-state index in [1.165, 1.54) is 0 Å². The summed E-state index contributed by atoms with van der Waals surface area (Å²) in [6.45, 7) is 4.80. The zero-order valence-corrected chi connectivity index (χ0v) is 17.2. The van der Waals surface area contributed by atoms with E-state index in [4.69, 9.17) is 4.74 Å². The largest absolute Gasteiger partial charge is 0.493 e. The molecule has 2 aromatic carbocycles. The molecule has 0 spiro atoms. The highest BCUT2D eigenvalue weighted by molar-refractivity contribution is 6.06. The van der Waals surface area contributed by atoms with Gasteiger partial charge < -0.3 is 20.3 Å². The Bertz CT molecular complexity index is 1020. The molecular formula is C23H25N3O4. The summed E-state index contributed by atoms with van der Waals surface area (Å²) in [4.78, 5) is 39.0. The molecule has 2 N–H and O–H groups in total. The van der Waals surface area contributed by atoms with Gasteiger partial charge in [-0.2, -0.15) is 0 Å². The number of amides is 3. The lowest BCUT2D eigenvalue weighted by atomic mass is 10.1. The van der Waals surface area contributed by atoms with E-state index in [1.54, 1.807) is 30.0 Å². The number of benzene rings is 2. The molecule has 7 heteroatoms. The molecular weight excluding hydrogens is 382 g/mol. The van der Waals surface area contributed by atoms with Gasteiger partial charge >= 0.3 is 0 Å². The second kappa shape index (κ2) is 8.18. The molecule has 2 aromatic rings. The summed E-state index contributed by atoms with van der Waals surface area (Å²) >= 11 is 0. The van der Waals surface area contributed by atoms with Crippen LogP contribution in [0.1, 0.15) is 41.3 Å². The second-order valence-corrected chi connectivity index (χ2v) is 7.72. The molecule has 1 atom stereocenters. The van der Waals surface area contributed by atoms with Crippen molar-refractivity contribution in [2.75, 3.05) is 23.8 Å². The third kappa shape index (κ3) is 3.87. The number of carbonyl (C=O) groups excluding carboxylic acids is 3. The van der Waals surface area contributed by atoms with Gasteiger partial charge in [0.25, 0.3) is 5.91 Å². The summed E-state index contributed by atoms with van der Waals surface area (Å²) < 4.78 is 5.55. The minimum Gasteiger partial charge on any atom is -0.493 e. The van der Waals surface area contributed by atoms with Crippen molar-refractivity contribution in [1.82, 2.24) is 4.90 Å². The molecule has 156 valence electrons. The fourth-order valence-electron chi connectivity index (χ4n) is 3.89. The Morgan fingerprint density at radius 2 is 1.93 bits per heavy atom. The Morgan fingerprint density at radius 3 is 2.70 bits per heavy atom. The Morgan fingerprint density at radius 1 is 1.10 bits per heavy atom. The number of hydrogen-bond acceptors (Lipinski definition) is 4. The van der Waals surface area contributed by atoms with Crippen molar-refractivity contribution in [3.8, 4) is 5.75 Å². The predicted octanol–water partition coefficient (Wildman–Crippen LogP) is 3.13. The van der Waals surface area contributed by atoms with Crippen molar-refractivity contribution in [1.29, 1.82) is 0 Å². The lowest BCUT2D eigenvalue weighted by molar-refractivity contribution is -0.134. The van der Waals surface area contributed by atoms with Crippen molar-refractivity contribution in [2.45, 2.75) is 39.2 Å². The van der Waals surface area contributed by atoms with Gasteiger partial charge in [0.15, 0.2) is 0 Å². The average molecular weight is 407 g/mol. The summed E-state index contributed by atoms with van der Waals surface area (Å²) in [5.41, 5.74) is 3.58. The van der Waals surface area contributed by atoms with Gasteiger partial charge in [0.05, 0.1) is 6.61 Å². The molecule has 0 aliphatic carbocycles. The van der Waals surface area contributed by atoms with Crippen molar-refractivity contribution in [3.05, 3.63) is 53.1 Å². The number of aryl methyl sites for hydroxylation is 1. The molecule has 30 heavy (non-hydrogen) atoms. The maximum Gasteiger partial charge on any atom is 0.255 e. The minimum atomic E-state index is -0.552. The standard InChI is InChI=1S/C23H25N3O4/c1-14-8-9-16(23(29)24-18-5-3-6-20-17(18)10-12-30-20)13-19(14)25-22(28)15(2)26-11-4-7-21(26)27/h3,5-6,8-9,13,15H,4,7,10-12H2,1-2H3,(H,24,29)(H,25,28). The minimum absolute atomic E-state index is 0.00173. The zero-order chi connectivity index (χ0) is 21.3. The van der Waals surface area contributed by atoms with E-state index in [2.05, 4.69) is 10.6 Å². The van der Waals surface area contributed by atoms with Crippen LogP contribution in [0.5, 0.6) is 5.75 Å². The number of rotatable bonds is 5. The highest BCUT2D eigenvalue weighted by atomic mass is 16.5. The molecule has 0 saturated carbocycles. The van der Waals surface area contributed by atoms with Crippen LogP contribution in [0.25, 0.3) is 0 Å². The van der Waals surface area contributed by atoms with Crippen LogP contribution in [-0.2, 0) is 16.0 Å². The smallest absolute Gasteiger partial charge is 0.255 e. The molecule has 1 fully saturated rings. The lowest BCUT2D eigenvalue weighted by Crippen LogP contribution is -2.42. The maximum atomic E-state index is 12.8. The van der Waals surface area contributed by atoms with Gasteiger partial charge in [-0.25, -0.2) is 0 Å². The first kappa shape index (κ1) is 19.9. The molecule has 0 bridgehead atoms. The van der Waals surface area contributed by atoms with Gasteiger partial charge in [0, 0.05) is 41.9 Å². The summed E-state index contributed by atoms with van der Waals surface area (Å²) in [7, 11) is 0. The number of anilines is 2. The van der Waals surface area contributed by atoms with Gasteiger partial charge in [0.1, 0.15) is 11.8 Å². The van der Waals surface area contributed by atoms with Gasteiger partial charge in [0.2, 0.25) is 11.8 Å². The van der Waals surface area contributed by atoms with E-state index in [-0.39, 0.29) is 17.7 Å². The summed E-state index contributed by atoms with van der Waals surface area (Å²) in [6.07, 6.45) is 2.02. The molecule has 4 rings (SSSR count). The molecule has 2 aliphatic heterocycles. The van der Waals surface area contributed by atoms with E-state index >= 15 is 0 Å². The van der Waals surface area contributed by atoms with Crippen molar-refractivity contribution in [2.24, 2.45) is 0 Å². The molecule has 1 unspecified atom stereocenters. The summed E-state index contributed by atoms with van der Waals surface area (Å²) in [5, 5.41) is 5.82. The number of carbonyl (C=O) groups is 3. The first-order chi connectivity index (χ1) is 14.4. The fourth-order valence-corrected chi connectivity index (χ4v) is 3.89. The van der Waals surface area contributed by atoms with Crippen LogP contribution in [0.4, 0.5) is 11.4 Å². The van der Waals surface area contributed by atoms with Gasteiger partial charge in [-0.15, -0.1) is 0 Å². The summed E-state index contributed by atoms with van der Waals surface area (Å²) in [6, 6.07) is 10.2. The first-order valence-electron chi connectivity index (χ1n) is 10.2. The zero-order valence-electron chi connectivity index (χ0n) is 17.2. The van der Waals surface area contributed by atoms with E-state index in [1.807, 2.05) is 25.1 Å². The third-order valence-electron chi connectivity index (χ3n) is 5.71. The van der Waals surface area contributed by atoms with E-state index in [9.17, 15) is 14.4 Å². The van der Waals surface area contributed by atoms with Crippen molar-refractivity contribution < 1.29 is 19.1 Å². The van der Waals surface area contributed by atoms with Crippen molar-refractivity contribution in [3.63, 3.8) is 0 Å². The fraction of sp³-hybridized carbons (Fsp3) is 0.348. The monoisotopic (exact) mass is 407 g/mol. The highest BCUT2D eigenvalue weighted by Gasteiger charge is 2.29. The molecule has 0 aromatic heterocycles. The second-order valence-electron chi connectivity index (χ2n) is 7.72. The topological polar surface area (TPSA) is 87.7 Å². The van der Waals surface area contributed by atoms with E-state index in [0.717, 1.165) is 35.4 Å². The number of nitrogens with zero attached hydrogens (tertiary/aromatic N) is 1. The van der Waals surface area contributed by atoms with Gasteiger partial charge in [-0.3, -0.25) is 14.4 Å². The van der Waals surface area contributed by atoms with Crippen LogP contribution in [0.3, 0.4) is 0 Å². The first-order valence-corrected chi connectivity index (χ1v) is 10.2. The van der Waals surface area contributed by atoms with Crippen LogP contribution >= 0.6 is 0 Å². The lowest BCUT2D eigenvalue weighted by Gasteiger charge is -2.23. The SMILES string of the molecule is Cc1ccc(C(=O)Nc2cccc3c2CCO3)cc1NC(=O)C(C)N1CCCC1=O. The van der Waals surface area contributed by atoms with Gasteiger partial charge in [-0.1, -0.05) is 12.1 Å². The molecule has 1 saturated heterocycles. The van der Waals surface area contributed by atoms with Crippen LogP contribution in [0.15, 0.2) is 36.4 Å². The van der Waals surface area contributed by atoms with Crippen LogP contribution in [0.2, 0.25) is 0 Å². The maximum absolute atomic E-state index is 12.8.